The Hall–Kier alpha value is -0.440. The van der Waals surface area contributed by atoms with Crippen molar-refractivity contribution in [2.24, 2.45) is 0 Å². The van der Waals surface area contributed by atoms with Crippen LogP contribution in [0, 0.1) is 0 Å². The molecule has 1 heterocycles. The fourth-order valence-corrected chi connectivity index (χ4v) is 4.60. The summed E-state index contributed by atoms with van der Waals surface area (Å²) in [6, 6.07) is 0.136. The lowest BCUT2D eigenvalue weighted by molar-refractivity contribution is -0.133. The second kappa shape index (κ2) is 12.9. The number of carbonyl (C=O) groups is 2. The number of rotatable bonds is 12. The third kappa shape index (κ3) is 8.09. The van der Waals surface area contributed by atoms with Gasteiger partial charge in [0.15, 0.2) is 0 Å². The van der Waals surface area contributed by atoms with Crippen molar-refractivity contribution in [3.8, 4) is 0 Å². The molecule has 0 bridgehead atoms. The predicted molar refractivity (Wildman–Crippen MR) is 100 cm³/mol. The maximum atomic E-state index is 12.4. The van der Waals surface area contributed by atoms with Gasteiger partial charge in [0.2, 0.25) is 11.8 Å². The van der Waals surface area contributed by atoms with Gasteiger partial charge in [-0.05, 0) is 12.8 Å². The maximum absolute atomic E-state index is 12.4. The van der Waals surface area contributed by atoms with Crippen LogP contribution in [0.25, 0.3) is 0 Å². The molecule has 0 spiro atoms. The van der Waals surface area contributed by atoms with Crippen LogP contribution in [0.2, 0.25) is 0 Å². The first-order valence-electron chi connectivity index (χ1n) is 8.44. The highest BCUT2D eigenvalue weighted by atomic mass is 33.1. The smallest absolute Gasteiger partial charge is 0.223 e. The van der Waals surface area contributed by atoms with Gasteiger partial charge in [0, 0.05) is 51.7 Å². The minimum atomic E-state index is 0.0942. The fourth-order valence-electron chi connectivity index (χ4n) is 2.60. The number of ether oxygens (including phenoxy) is 2. The number of amides is 2. The molecule has 0 saturated carbocycles. The number of hydrogen-bond donors (Lipinski definition) is 1. The zero-order valence-electron chi connectivity index (χ0n) is 14.9. The Balaban J connectivity index is 2.11. The molecule has 1 rings (SSSR count). The van der Waals surface area contributed by atoms with Crippen LogP contribution in [0.1, 0.15) is 32.6 Å². The van der Waals surface area contributed by atoms with E-state index in [4.69, 9.17) is 9.47 Å². The van der Waals surface area contributed by atoms with Gasteiger partial charge in [-0.3, -0.25) is 9.59 Å². The van der Waals surface area contributed by atoms with Gasteiger partial charge < -0.3 is 19.7 Å². The van der Waals surface area contributed by atoms with Crippen LogP contribution >= 0.6 is 21.6 Å². The van der Waals surface area contributed by atoms with E-state index in [0.29, 0.717) is 32.5 Å². The number of carbonyl (C=O) groups excluding carboxylic acids is 2. The first-order valence-corrected chi connectivity index (χ1v) is 10.9. The van der Waals surface area contributed by atoms with E-state index in [0.717, 1.165) is 24.3 Å². The van der Waals surface area contributed by atoms with Crippen LogP contribution in [0.3, 0.4) is 0 Å². The quantitative estimate of drug-likeness (QED) is 0.413. The van der Waals surface area contributed by atoms with Gasteiger partial charge in [0.1, 0.15) is 0 Å². The highest BCUT2D eigenvalue weighted by Gasteiger charge is 2.34. The minimum absolute atomic E-state index is 0.0942. The number of methoxy groups -OCH3 is 2. The monoisotopic (exact) mass is 378 g/mol. The van der Waals surface area contributed by atoms with E-state index in [-0.39, 0.29) is 24.0 Å². The summed E-state index contributed by atoms with van der Waals surface area (Å²) >= 11 is 0. The SMILES string of the molecule is CCC(=O)NCCSSCCCC(=O)N1C[C@H](OC)C[C@H]1COC. The Morgan fingerprint density at radius 3 is 2.67 bits per heavy atom. The molecule has 8 heteroatoms. The minimum Gasteiger partial charge on any atom is -0.383 e. The van der Waals surface area contributed by atoms with Gasteiger partial charge in [-0.2, -0.15) is 0 Å². The van der Waals surface area contributed by atoms with Gasteiger partial charge in [-0.1, -0.05) is 28.5 Å². The van der Waals surface area contributed by atoms with E-state index in [1.807, 2.05) is 11.8 Å². The van der Waals surface area contributed by atoms with Crippen LogP contribution in [-0.2, 0) is 19.1 Å². The third-order valence-electron chi connectivity index (χ3n) is 3.92. The lowest BCUT2D eigenvalue weighted by Crippen LogP contribution is -2.38. The zero-order chi connectivity index (χ0) is 17.8. The first kappa shape index (κ1) is 21.6. The highest BCUT2D eigenvalue weighted by Crippen LogP contribution is 2.24. The van der Waals surface area contributed by atoms with Crippen molar-refractivity contribution in [2.45, 2.75) is 44.8 Å². The molecule has 1 saturated heterocycles. The molecule has 0 aromatic carbocycles. The summed E-state index contributed by atoms with van der Waals surface area (Å²) in [6.45, 7) is 3.79. The van der Waals surface area contributed by atoms with Crippen molar-refractivity contribution in [1.82, 2.24) is 10.2 Å². The number of likely N-dealkylation sites (tertiary alicyclic amines) is 1. The molecular formula is C16H30N2O4S2. The Kier molecular flexibility index (Phi) is 11.6. The van der Waals surface area contributed by atoms with Gasteiger partial charge >= 0.3 is 0 Å². The van der Waals surface area contributed by atoms with E-state index < -0.39 is 0 Å². The summed E-state index contributed by atoms with van der Waals surface area (Å²) in [5, 5.41) is 2.85. The molecule has 2 atom stereocenters. The first-order chi connectivity index (χ1) is 11.6. The summed E-state index contributed by atoms with van der Waals surface area (Å²) in [4.78, 5) is 25.4. The average molecular weight is 379 g/mol. The van der Waals surface area contributed by atoms with Crippen LogP contribution < -0.4 is 5.32 Å². The molecule has 6 nitrogen and oxygen atoms in total. The van der Waals surface area contributed by atoms with Crippen LogP contribution in [0.15, 0.2) is 0 Å². The summed E-state index contributed by atoms with van der Waals surface area (Å²) in [7, 11) is 6.86. The second-order valence-corrected chi connectivity index (χ2v) is 8.40. The van der Waals surface area contributed by atoms with Crippen LogP contribution in [0.4, 0.5) is 0 Å². The molecule has 1 aliphatic heterocycles. The largest absolute Gasteiger partial charge is 0.383 e. The molecule has 0 aromatic rings. The van der Waals surface area contributed by atoms with Gasteiger partial charge in [-0.25, -0.2) is 0 Å². The van der Waals surface area contributed by atoms with E-state index in [9.17, 15) is 9.59 Å². The zero-order valence-corrected chi connectivity index (χ0v) is 16.5. The van der Waals surface area contributed by atoms with Crippen LogP contribution in [-0.4, -0.2) is 74.3 Å². The van der Waals surface area contributed by atoms with E-state index in [2.05, 4.69) is 5.32 Å². The average Bonchev–Trinajstić information content (AvgIpc) is 3.00. The van der Waals surface area contributed by atoms with E-state index >= 15 is 0 Å². The third-order valence-corrected chi connectivity index (χ3v) is 6.41. The molecule has 1 aliphatic rings. The summed E-state index contributed by atoms with van der Waals surface area (Å²) in [6.07, 6.45) is 2.94. The summed E-state index contributed by atoms with van der Waals surface area (Å²) in [5.74, 6) is 2.12. The molecule has 0 radical (unpaired) electrons. The lowest BCUT2D eigenvalue weighted by atomic mass is 10.2. The van der Waals surface area contributed by atoms with Crippen molar-refractivity contribution in [2.75, 3.05) is 45.4 Å². The second-order valence-electron chi connectivity index (χ2n) is 5.70. The van der Waals surface area contributed by atoms with E-state index in [1.54, 1.807) is 35.8 Å². The number of nitrogens with zero attached hydrogens (tertiary/aromatic N) is 1. The molecule has 0 aliphatic carbocycles. The Bertz CT molecular complexity index is 385. The molecule has 1 N–H and O–H groups in total. The number of hydrogen-bond acceptors (Lipinski definition) is 6. The molecule has 24 heavy (non-hydrogen) atoms. The predicted octanol–water partition coefficient (Wildman–Crippen LogP) is 1.94. The molecule has 140 valence electrons. The van der Waals surface area contributed by atoms with Crippen molar-refractivity contribution < 1.29 is 19.1 Å². The van der Waals surface area contributed by atoms with Crippen molar-refractivity contribution >= 4 is 33.4 Å². The summed E-state index contributed by atoms with van der Waals surface area (Å²) in [5.41, 5.74) is 0. The topological polar surface area (TPSA) is 67.9 Å². The maximum Gasteiger partial charge on any atom is 0.223 e. The Labute approximate surface area is 153 Å². The van der Waals surface area contributed by atoms with Crippen molar-refractivity contribution in [3.05, 3.63) is 0 Å². The number of nitrogens with one attached hydrogen (secondary N) is 1. The van der Waals surface area contributed by atoms with Gasteiger partial charge in [0.25, 0.3) is 0 Å². The van der Waals surface area contributed by atoms with Crippen molar-refractivity contribution in [1.29, 1.82) is 0 Å². The van der Waals surface area contributed by atoms with E-state index in [1.165, 1.54) is 0 Å². The molecular weight excluding hydrogens is 348 g/mol. The Morgan fingerprint density at radius 1 is 1.25 bits per heavy atom. The van der Waals surface area contributed by atoms with Gasteiger partial charge in [-0.15, -0.1) is 0 Å². The fraction of sp³-hybridized carbons (Fsp3) is 0.875. The van der Waals surface area contributed by atoms with Crippen molar-refractivity contribution in [3.63, 3.8) is 0 Å². The van der Waals surface area contributed by atoms with Gasteiger partial charge in [0.05, 0.1) is 18.8 Å². The highest BCUT2D eigenvalue weighted by molar-refractivity contribution is 8.76. The standard InChI is InChI=1S/C16H30N2O4S2/c1-4-15(19)17-7-9-24-23-8-5-6-16(20)18-11-14(22-3)10-13(18)12-21-2/h13-14H,4-12H2,1-3H3,(H,17,19)/t13-,14+/m0/s1. The Morgan fingerprint density at radius 2 is 2.00 bits per heavy atom. The normalized spacial score (nSPS) is 20.4. The molecule has 0 aromatic heterocycles. The molecule has 1 fully saturated rings. The lowest BCUT2D eigenvalue weighted by Gasteiger charge is -2.23. The molecule has 0 unspecified atom stereocenters. The summed E-state index contributed by atoms with van der Waals surface area (Å²) < 4.78 is 10.6. The molecule has 2 amide bonds. The van der Waals surface area contributed by atoms with Crippen LogP contribution in [0.5, 0.6) is 0 Å².